The quantitative estimate of drug-likeness (QED) is 0.810. The summed E-state index contributed by atoms with van der Waals surface area (Å²) in [6.07, 6.45) is 4.00. The predicted molar refractivity (Wildman–Crippen MR) is 101 cm³/mol. The molecular formula is C20H26N4O. The zero-order valence-electron chi connectivity index (χ0n) is 15.1. The molecule has 132 valence electrons. The molecule has 0 unspecified atom stereocenters. The molecule has 5 nitrogen and oxygen atoms in total. The lowest BCUT2D eigenvalue weighted by Crippen LogP contribution is -2.47. The first-order valence-electron chi connectivity index (χ1n) is 8.75. The molecule has 0 radical (unpaired) electrons. The average molecular weight is 338 g/mol. The summed E-state index contributed by atoms with van der Waals surface area (Å²) in [7, 11) is 1.74. The number of methoxy groups -OCH3 is 1. The van der Waals surface area contributed by atoms with Gasteiger partial charge in [-0.15, -0.1) is 5.10 Å². The summed E-state index contributed by atoms with van der Waals surface area (Å²) >= 11 is 0. The van der Waals surface area contributed by atoms with Gasteiger partial charge in [0.25, 0.3) is 0 Å². The van der Waals surface area contributed by atoms with Gasteiger partial charge in [-0.2, -0.15) is 5.10 Å². The molecule has 1 aromatic heterocycles. The van der Waals surface area contributed by atoms with Crippen molar-refractivity contribution >= 4 is 11.9 Å². The number of benzene rings is 1. The van der Waals surface area contributed by atoms with Crippen LogP contribution in [-0.2, 0) is 11.3 Å². The Labute approximate surface area is 149 Å². The Bertz CT molecular complexity index is 694. The molecule has 0 aliphatic carbocycles. The highest BCUT2D eigenvalue weighted by Gasteiger charge is 2.18. The molecule has 25 heavy (non-hydrogen) atoms. The van der Waals surface area contributed by atoms with Crippen LogP contribution >= 0.6 is 0 Å². The van der Waals surface area contributed by atoms with Gasteiger partial charge in [0.1, 0.15) is 0 Å². The van der Waals surface area contributed by atoms with E-state index >= 15 is 0 Å². The summed E-state index contributed by atoms with van der Waals surface area (Å²) in [4.78, 5) is 4.80. The minimum Gasteiger partial charge on any atom is -0.380 e. The number of aromatic nitrogens is 2. The van der Waals surface area contributed by atoms with Crippen molar-refractivity contribution in [1.82, 2.24) is 15.1 Å². The lowest BCUT2D eigenvalue weighted by Gasteiger charge is -2.35. The van der Waals surface area contributed by atoms with Crippen LogP contribution in [0.4, 0.5) is 5.82 Å². The molecule has 0 spiro atoms. The van der Waals surface area contributed by atoms with E-state index in [9.17, 15) is 0 Å². The number of hydrogen-bond acceptors (Lipinski definition) is 5. The van der Waals surface area contributed by atoms with Crippen molar-refractivity contribution in [2.45, 2.75) is 13.5 Å². The number of anilines is 1. The SMILES string of the molecule is COCc1ccccc1/C=C(\C)CN1CCN(c2cccnn2)CC1. The van der Waals surface area contributed by atoms with E-state index in [2.05, 4.69) is 57.3 Å². The first-order chi connectivity index (χ1) is 12.3. The summed E-state index contributed by atoms with van der Waals surface area (Å²) in [5, 5.41) is 8.18. The van der Waals surface area contributed by atoms with Gasteiger partial charge in [-0.3, -0.25) is 4.90 Å². The Morgan fingerprint density at radius 1 is 1.12 bits per heavy atom. The highest BCUT2D eigenvalue weighted by Crippen LogP contribution is 2.16. The van der Waals surface area contributed by atoms with Crippen LogP contribution in [0.1, 0.15) is 18.1 Å². The fourth-order valence-electron chi connectivity index (χ4n) is 3.22. The number of hydrogen-bond donors (Lipinski definition) is 0. The highest BCUT2D eigenvalue weighted by atomic mass is 16.5. The summed E-state index contributed by atoms with van der Waals surface area (Å²) < 4.78 is 5.30. The summed E-state index contributed by atoms with van der Waals surface area (Å²) in [6, 6.07) is 12.4. The van der Waals surface area contributed by atoms with Crippen LogP contribution in [0.2, 0.25) is 0 Å². The molecular weight excluding hydrogens is 312 g/mol. The van der Waals surface area contributed by atoms with Gasteiger partial charge >= 0.3 is 0 Å². The van der Waals surface area contributed by atoms with Gasteiger partial charge in [0, 0.05) is 46.0 Å². The molecule has 0 bridgehead atoms. The lowest BCUT2D eigenvalue weighted by molar-refractivity contribution is 0.184. The summed E-state index contributed by atoms with van der Waals surface area (Å²) in [5.41, 5.74) is 3.85. The maximum Gasteiger partial charge on any atom is 0.151 e. The van der Waals surface area contributed by atoms with Crippen molar-refractivity contribution in [2.75, 3.05) is 44.7 Å². The molecule has 0 N–H and O–H groups in total. The molecule has 1 aromatic carbocycles. The highest BCUT2D eigenvalue weighted by molar-refractivity contribution is 5.56. The van der Waals surface area contributed by atoms with Crippen molar-refractivity contribution in [3.8, 4) is 0 Å². The normalized spacial score (nSPS) is 16.2. The van der Waals surface area contributed by atoms with Gasteiger partial charge in [-0.25, -0.2) is 0 Å². The third-order valence-corrected chi connectivity index (χ3v) is 4.48. The standard InChI is InChI=1S/C20H26N4O/c1-17(14-18-6-3-4-7-19(18)16-25-2)15-23-10-12-24(13-11-23)20-8-5-9-21-22-20/h3-9,14H,10-13,15-16H2,1-2H3/b17-14+. The zero-order valence-corrected chi connectivity index (χ0v) is 15.1. The molecule has 1 fully saturated rings. The number of ether oxygens (including phenoxy) is 1. The smallest absolute Gasteiger partial charge is 0.151 e. The van der Waals surface area contributed by atoms with Gasteiger partial charge in [-0.05, 0) is 30.2 Å². The van der Waals surface area contributed by atoms with E-state index in [4.69, 9.17) is 4.74 Å². The Balaban J connectivity index is 1.57. The maximum atomic E-state index is 5.30. The van der Waals surface area contributed by atoms with Crippen LogP contribution in [0.25, 0.3) is 6.08 Å². The van der Waals surface area contributed by atoms with Crippen molar-refractivity contribution in [1.29, 1.82) is 0 Å². The molecule has 3 rings (SSSR count). The molecule has 2 aromatic rings. The average Bonchev–Trinajstić information content (AvgIpc) is 2.65. The monoisotopic (exact) mass is 338 g/mol. The minimum absolute atomic E-state index is 0.650. The molecule has 5 heteroatoms. The van der Waals surface area contributed by atoms with E-state index in [0.717, 1.165) is 38.5 Å². The first-order valence-corrected chi connectivity index (χ1v) is 8.75. The van der Waals surface area contributed by atoms with Crippen LogP contribution in [0.3, 0.4) is 0 Å². The third kappa shape index (κ3) is 4.87. The van der Waals surface area contributed by atoms with Crippen LogP contribution in [0, 0.1) is 0 Å². The second kappa shape index (κ2) is 8.74. The van der Waals surface area contributed by atoms with Gasteiger partial charge in [0.2, 0.25) is 0 Å². The van der Waals surface area contributed by atoms with Crippen LogP contribution in [0.15, 0.2) is 48.2 Å². The Morgan fingerprint density at radius 2 is 1.92 bits per heavy atom. The van der Waals surface area contributed by atoms with E-state index < -0.39 is 0 Å². The van der Waals surface area contributed by atoms with E-state index in [-0.39, 0.29) is 0 Å². The van der Waals surface area contributed by atoms with E-state index in [1.165, 1.54) is 16.7 Å². The second-order valence-electron chi connectivity index (χ2n) is 6.47. The van der Waals surface area contributed by atoms with E-state index in [1.54, 1.807) is 13.3 Å². The molecule has 1 aliphatic rings. The topological polar surface area (TPSA) is 41.5 Å². The van der Waals surface area contributed by atoms with Gasteiger partial charge in [-0.1, -0.05) is 35.9 Å². The molecule has 1 saturated heterocycles. The Kier molecular flexibility index (Phi) is 6.14. The summed E-state index contributed by atoms with van der Waals surface area (Å²) in [6.45, 7) is 7.92. The van der Waals surface area contributed by atoms with Gasteiger partial charge in [0.15, 0.2) is 5.82 Å². The number of piperazine rings is 1. The molecule has 0 atom stereocenters. The van der Waals surface area contributed by atoms with Crippen LogP contribution in [0.5, 0.6) is 0 Å². The zero-order chi connectivity index (χ0) is 17.5. The van der Waals surface area contributed by atoms with Crippen molar-refractivity contribution in [3.05, 3.63) is 59.3 Å². The summed E-state index contributed by atoms with van der Waals surface area (Å²) in [5.74, 6) is 0.975. The van der Waals surface area contributed by atoms with Crippen LogP contribution < -0.4 is 4.90 Å². The van der Waals surface area contributed by atoms with E-state index in [0.29, 0.717) is 6.61 Å². The van der Waals surface area contributed by atoms with Gasteiger partial charge in [0.05, 0.1) is 6.61 Å². The van der Waals surface area contributed by atoms with Crippen molar-refractivity contribution < 1.29 is 4.74 Å². The first kappa shape index (κ1) is 17.6. The molecule has 1 aliphatic heterocycles. The van der Waals surface area contributed by atoms with Crippen molar-refractivity contribution in [2.24, 2.45) is 0 Å². The second-order valence-corrected chi connectivity index (χ2v) is 6.47. The molecule has 0 saturated carbocycles. The third-order valence-electron chi connectivity index (χ3n) is 4.48. The Morgan fingerprint density at radius 3 is 2.64 bits per heavy atom. The maximum absolute atomic E-state index is 5.30. The number of nitrogens with zero attached hydrogens (tertiary/aromatic N) is 4. The molecule has 0 amide bonds. The predicted octanol–water partition coefficient (Wildman–Crippen LogP) is 2.85. The fourth-order valence-corrected chi connectivity index (χ4v) is 3.22. The minimum atomic E-state index is 0.650. The Hall–Kier alpha value is -2.24. The number of rotatable bonds is 6. The fraction of sp³-hybridized carbons (Fsp3) is 0.400. The molecule has 2 heterocycles. The van der Waals surface area contributed by atoms with Crippen molar-refractivity contribution in [3.63, 3.8) is 0 Å². The van der Waals surface area contributed by atoms with Crippen LogP contribution in [-0.4, -0.2) is 54.9 Å². The van der Waals surface area contributed by atoms with E-state index in [1.807, 2.05) is 12.1 Å². The lowest BCUT2D eigenvalue weighted by atomic mass is 10.1. The van der Waals surface area contributed by atoms with Gasteiger partial charge < -0.3 is 9.64 Å². The largest absolute Gasteiger partial charge is 0.380 e.